The molecule has 1 aliphatic rings. The van der Waals surface area contributed by atoms with E-state index in [1.807, 2.05) is 6.07 Å². The maximum absolute atomic E-state index is 14.2. The molecule has 2 rings (SSSR count). The fourth-order valence-electron chi connectivity index (χ4n) is 2.71. The maximum atomic E-state index is 14.2. The van der Waals surface area contributed by atoms with Crippen molar-refractivity contribution in [1.82, 2.24) is 5.32 Å². The third-order valence-electron chi connectivity index (χ3n) is 3.73. The minimum atomic E-state index is -0.0841. The second-order valence-electron chi connectivity index (χ2n) is 5.07. The third kappa shape index (κ3) is 2.83. The number of benzene rings is 1. The molecule has 1 unspecified atom stereocenters. The zero-order valence-corrected chi connectivity index (χ0v) is 11.4. The van der Waals surface area contributed by atoms with E-state index in [9.17, 15) is 4.39 Å². The largest absolute Gasteiger partial charge is 0.366 e. The highest BCUT2D eigenvalue weighted by molar-refractivity contribution is 5.56. The number of halogens is 1. The van der Waals surface area contributed by atoms with Crippen molar-refractivity contribution in [2.75, 3.05) is 18.0 Å². The second kappa shape index (κ2) is 6.19. The van der Waals surface area contributed by atoms with E-state index in [-0.39, 0.29) is 5.82 Å². The van der Waals surface area contributed by atoms with Gasteiger partial charge in [-0.05, 0) is 44.4 Å². The Labute approximate surface area is 109 Å². The molecule has 0 bridgehead atoms. The lowest BCUT2D eigenvalue weighted by Crippen LogP contribution is -2.39. The normalized spacial score (nSPS) is 20.2. The lowest BCUT2D eigenvalue weighted by atomic mass is 10.0. The van der Waals surface area contributed by atoms with Crippen molar-refractivity contribution in [1.29, 1.82) is 0 Å². The predicted octanol–water partition coefficient (Wildman–Crippen LogP) is 3.31. The molecule has 18 heavy (non-hydrogen) atoms. The van der Waals surface area contributed by atoms with Gasteiger partial charge in [-0.15, -0.1) is 0 Å². The van der Waals surface area contributed by atoms with E-state index in [4.69, 9.17) is 0 Å². The first-order valence-corrected chi connectivity index (χ1v) is 6.98. The van der Waals surface area contributed by atoms with Gasteiger partial charge in [-0.2, -0.15) is 0 Å². The topological polar surface area (TPSA) is 15.3 Å². The van der Waals surface area contributed by atoms with Crippen LogP contribution < -0.4 is 10.2 Å². The molecule has 3 heteroatoms. The lowest BCUT2D eigenvalue weighted by Gasteiger charge is -2.37. The summed E-state index contributed by atoms with van der Waals surface area (Å²) < 4.78 is 14.2. The van der Waals surface area contributed by atoms with Crippen molar-refractivity contribution in [2.24, 2.45) is 0 Å². The van der Waals surface area contributed by atoms with Gasteiger partial charge in [0.15, 0.2) is 0 Å². The van der Waals surface area contributed by atoms with Crippen molar-refractivity contribution in [2.45, 2.75) is 45.7 Å². The van der Waals surface area contributed by atoms with Crippen molar-refractivity contribution >= 4 is 5.69 Å². The first-order chi connectivity index (χ1) is 8.74. The molecule has 0 aromatic heterocycles. The molecular weight excluding hydrogens is 227 g/mol. The van der Waals surface area contributed by atoms with E-state index >= 15 is 0 Å². The predicted molar refractivity (Wildman–Crippen MR) is 74.4 cm³/mol. The minimum Gasteiger partial charge on any atom is -0.366 e. The molecule has 1 saturated heterocycles. The van der Waals surface area contributed by atoms with E-state index in [2.05, 4.69) is 24.1 Å². The van der Waals surface area contributed by atoms with Crippen LogP contribution in [-0.4, -0.2) is 19.1 Å². The van der Waals surface area contributed by atoms with E-state index in [0.717, 1.165) is 37.3 Å². The van der Waals surface area contributed by atoms with Crippen LogP contribution in [0.1, 0.15) is 38.7 Å². The van der Waals surface area contributed by atoms with Crippen LogP contribution >= 0.6 is 0 Å². The van der Waals surface area contributed by atoms with E-state index in [1.54, 1.807) is 12.1 Å². The molecule has 100 valence electrons. The molecule has 2 nitrogen and oxygen atoms in total. The molecule has 1 atom stereocenters. The van der Waals surface area contributed by atoms with Crippen LogP contribution in [0, 0.1) is 5.82 Å². The van der Waals surface area contributed by atoms with Gasteiger partial charge in [-0.25, -0.2) is 4.39 Å². The summed E-state index contributed by atoms with van der Waals surface area (Å²) in [6.07, 6.45) is 3.59. The van der Waals surface area contributed by atoms with Crippen LogP contribution in [0.2, 0.25) is 0 Å². The van der Waals surface area contributed by atoms with Gasteiger partial charge in [0.25, 0.3) is 0 Å². The number of rotatable bonds is 4. The van der Waals surface area contributed by atoms with Gasteiger partial charge in [0.1, 0.15) is 5.82 Å². The highest BCUT2D eigenvalue weighted by atomic mass is 19.1. The van der Waals surface area contributed by atoms with Gasteiger partial charge in [0, 0.05) is 19.1 Å². The SMILES string of the molecule is CCNCc1cccc(F)c1N1CCCCC1C. The van der Waals surface area contributed by atoms with Crippen molar-refractivity contribution in [3.8, 4) is 0 Å². The summed E-state index contributed by atoms with van der Waals surface area (Å²) in [5.74, 6) is -0.0841. The van der Waals surface area contributed by atoms with Gasteiger partial charge in [-0.3, -0.25) is 0 Å². The zero-order valence-electron chi connectivity index (χ0n) is 11.4. The van der Waals surface area contributed by atoms with Gasteiger partial charge in [-0.1, -0.05) is 19.1 Å². The quantitative estimate of drug-likeness (QED) is 0.882. The molecule has 1 fully saturated rings. The van der Waals surface area contributed by atoms with Crippen LogP contribution in [0.25, 0.3) is 0 Å². The Morgan fingerprint density at radius 1 is 1.39 bits per heavy atom. The Kier molecular flexibility index (Phi) is 4.59. The fourth-order valence-corrected chi connectivity index (χ4v) is 2.71. The first-order valence-electron chi connectivity index (χ1n) is 6.98. The Morgan fingerprint density at radius 3 is 2.94 bits per heavy atom. The molecule has 0 aliphatic carbocycles. The van der Waals surface area contributed by atoms with Crippen molar-refractivity contribution in [3.05, 3.63) is 29.6 Å². The lowest BCUT2D eigenvalue weighted by molar-refractivity contribution is 0.473. The Bertz CT molecular complexity index is 392. The Hall–Kier alpha value is -1.09. The monoisotopic (exact) mass is 250 g/mol. The number of hydrogen-bond donors (Lipinski definition) is 1. The summed E-state index contributed by atoms with van der Waals surface area (Å²) in [7, 11) is 0. The Balaban J connectivity index is 2.28. The van der Waals surface area contributed by atoms with Crippen molar-refractivity contribution in [3.63, 3.8) is 0 Å². The van der Waals surface area contributed by atoms with E-state index < -0.39 is 0 Å². The smallest absolute Gasteiger partial charge is 0.146 e. The summed E-state index contributed by atoms with van der Waals surface area (Å²) in [6, 6.07) is 5.85. The number of para-hydroxylation sites is 1. The van der Waals surface area contributed by atoms with Crippen molar-refractivity contribution < 1.29 is 4.39 Å². The first kappa shape index (κ1) is 13.3. The number of nitrogens with zero attached hydrogens (tertiary/aromatic N) is 1. The number of piperidine rings is 1. The van der Waals surface area contributed by atoms with Crippen LogP contribution in [0.3, 0.4) is 0 Å². The average Bonchev–Trinajstić information content (AvgIpc) is 2.38. The van der Waals surface area contributed by atoms with E-state index in [1.165, 1.54) is 12.8 Å². The van der Waals surface area contributed by atoms with Crippen LogP contribution in [0.4, 0.5) is 10.1 Å². The molecule has 1 aromatic carbocycles. The maximum Gasteiger partial charge on any atom is 0.146 e. The summed E-state index contributed by atoms with van der Waals surface area (Å²) in [5, 5.41) is 3.29. The molecule has 1 heterocycles. The number of hydrogen-bond acceptors (Lipinski definition) is 2. The average molecular weight is 250 g/mol. The summed E-state index contributed by atoms with van der Waals surface area (Å²) in [5.41, 5.74) is 1.89. The molecule has 0 saturated carbocycles. The molecule has 1 aliphatic heterocycles. The number of nitrogens with one attached hydrogen (secondary N) is 1. The standard InChI is InChI=1S/C15H23FN2/c1-3-17-11-13-8-6-9-14(16)15(13)18-10-5-4-7-12(18)2/h6,8-9,12,17H,3-5,7,10-11H2,1-2H3. The minimum absolute atomic E-state index is 0.0841. The van der Waals surface area contributed by atoms with Gasteiger partial charge >= 0.3 is 0 Å². The highest BCUT2D eigenvalue weighted by Crippen LogP contribution is 2.30. The molecule has 0 amide bonds. The summed E-state index contributed by atoms with van der Waals surface area (Å²) in [4.78, 5) is 2.24. The fraction of sp³-hybridized carbons (Fsp3) is 0.600. The zero-order chi connectivity index (χ0) is 13.0. The van der Waals surface area contributed by atoms with Gasteiger partial charge < -0.3 is 10.2 Å². The highest BCUT2D eigenvalue weighted by Gasteiger charge is 2.23. The second-order valence-corrected chi connectivity index (χ2v) is 5.07. The van der Waals surface area contributed by atoms with E-state index in [0.29, 0.717) is 6.04 Å². The summed E-state index contributed by atoms with van der Waals surface area (Å²) in [6.45, 7) is 6.89. The van der Waals surface area contributed by atoms with Gasteiger partial charge in [0.05, 0.1) is 5.69 Å². The Morgan fingerprint density at radius 2 is 2.22 bits per heavy atom. The molecule has 1 N–H and O–H groups in total. The third-order valence-corrected chi connectivity index (χ3v) is 3.73. The summed E-state index contributed by atoms with van der Waals surface area (Å²) >= 11 is 0. The van der Waals surface area contributed by atoms with Gasteiger partial charge in [0.2, 0.25) is 0 Å². The molecule has 0 spiro atoms. The van der Waals surface area contributed by atoms with Crippen LogP contribution in [0.15, 0.2) is 18.2 Å². The van der Waals surface area contributed by atoms with Crippen LogP contribution in [0.5, 0.6) is 0 Å². The number of anilines is 1. The molecule has 1 aromatic rings. The van der Waals surface area contributed by atoms with Crippen LogP contribution in [-0.2, 0) is 6.54 Å². The molecule has 0 radical (unpaired) electrons. The molecular formula is C15H23FN2.